The van der Waals surface area contributed by atoms with E-state index in [1.807, 2.05) is 68.4 Å². The third-order valence-corrected chi connectivity index (χ3v) is 4.65. The summed E-state index contributed by atoms with van der Waals surface area (Å²) in [5.74, 6) is -0.186. The van der Waals surface area contributed by atoms with Gasteiger partial charge in [0.15, 0.2) is 0 Å². The molecule has 0 saturated carbocycles. The molecule has 2 N–H and O–H groups in total. The van der Waals surface area contributed by atoms with Crippen molar-refractivity contribution in [2.75, 3.05) is 5.32 Å². The van der Waals surface area contributed by atoms with Gasteiger partial charge < -0.3 is 5.32 Å². The Balaban J connectivity index is 1.63. The first kappa shape index (κ1) is 18.1. The number of carbonyl (C=O) groups is 1. The number of hydrogen-bond acceptors (Lipinski definition) is 3. The number of benzene rings is 3. The first-order chi connectivity index (χ1) is 12.5. The summed E-state index contributed by atoms with van der Waals surface area (Å²) in [5.41, 5.74) is 5.25. The molecule has 0 saturated heterocycles. The molecule has 0 heterocycles. The molecule has 0 bridgehead atoms. The van der Waals surface area contributed by atoms with Crippen LogP contribution < -0.4 is 10.7 Å². The van der Waals surface area contributed by atoms with Crippen LogP contribution in [0.1, 0.15) is 19.4 Å². The predicted octanol–water partition coefficient (Wildman–Crippen LogP) is 4.94. The van der Waals surface area contributed by atoms with Gasteiger partial charge in [-0.25, -0.2) is 5.43 Å². The van der Waals surface area contributed by atoms with E-state index in [4.69, 9.17) is 0 Å². The molecule has 3 aromatic rings. The number of rotatable bonds is 5. The average molecular weight is 410 g/mol. The van der Waals surface area contributed by atoms with Gasteiger partial charge in [-0.15, -0.1) is 0 Å². The van der Waals surface area contributed by atoms with Crippen molar-refractivity contribution in [1.29, 1.82) is 0 Å². The number of nitrogens with zero attached hydrogens (tertiary/aromatic N) is 1. The molecule has 0 aromatic heterocycles. The Hall–Kier alpha value is -2.66. The van der Waals surface area contributed by atoms with E-state index in [9.17, 15) is 4.79 Å². The van der Waals surface area contributed by atoms with Crippen molar-refractivity contribution in [3.8, 4) is 0 Å². The molecule has 26 heavy (non-hydrogen) atoms. The summed E-state index contributed by atoms with van der Waals surface area (Å²) in [5, 5.41) is 9.72. The van der Waals surface area contributed by atoms with Gasteiger partial charge in [-0.05, 0) is 54.4 Å². The van der Waals surface area contributed by atoms with Crippen LogP contribution in [-0.2, 0) is 4.79 Å². The van der Waals surface area contributed by atoms with E-state index < -0.39 is 6.04 Å². The number of anilines is 1. The van der Waals surface area contributed by atoms with E-state index in [0.717, 1.165) is 26.8 Å². The molecular weight excluding hydrogens is 390 g/mol. The van der Waals surface area contributed by atoms with Crippen molar-refractivity contribution in [1.82, 2.24) is 5.43 Å². The zero-order valence-corrected chi connectivity index (χ0v) is 16.2. The minimum Gasteiger partial charge on any atom is -0.374 e. The number of hydrogen-bond donors (Lipinski definition) is 2. The van der Waals surface area contributed by atoms with Crippen LogP contribution in [0.15, 0.2) is 76.3 Å². The lowest BCUT2D eigenvalue weighted by Crippen LogP contribution is -2.35. The molecule has 0 aliphatic carbocycles. The SMILES string of the molecule is C/C(=N/NC(=O)[C@@H](C)Nc1ccc2ccccc2c1)c1ccc(Br)cc1. The van der Waals surface area contributed by atoms with Crippen LogP contribution in [0, 0.1) is 0 Å². The normalized spacial score (nSPS) is 12.7. The third-order valence-electron chi connectivity index (χ3n) is 4.12. The zero-order chi connectivity index (χ0) is 18.5. The van der Waals surface area contributed by atoms with Crippen molar-refractivity contribution in [2.45, 2.75) is 19.9 Å². The van der Waals surface area contributed by atoms with Crippen LogP contribution in [0.3, 0.4) is 0 Å². The highest BCUT2D eigenvalue weighted by Crippen LogP contribution is 2.19. The minimum atomic E-state index is -0.405. The van der Waals surface area contributed by atoms with Crippen LogP contribution in [0.4, 0.5) is 5.69 Å². The van der Waals surface area contributed by atoms with E-state index in [2.05, 4.69) is 43.9 Å². The second-order valence-corrected chi connectivity index (χ2v) is 7.02. The Morgan fingerprint density at radius 3 is 2.42 bits per heavy atom. The highest BCUT2D eigenvalue weighted by molar-refractivity contribution is 9.10. The summed E-state index contributed by atoms with van der Waals surface area (Å²) < 4.78 is 1.01. The molecule has 5 heteroatoms. The van der Waals surface area contributed by atoms with E-state index >= 15 is 0 Å². The standard InChI is InChI=1S/C21H20BrN3O/c1-14(16-7-10-19(22)11-8-16)24-25-21(26)15(2)23-20-12-9-17-5-3-4-6-18(17)13-20/h3-13,15,23H,1-2H3,(H,25,26)/b24-14-/t15-/m1/s1. The second-order valence-electron chi connectivity index (χ2n) is 6.11. The van der Waals surface area contributed by atoms with Crippen molar-refractivity contribution in [3.63, 3.8) is 0 Å². The van der Waals surface area contributed by atoms with Gasteiger partial charge >= 0.3 is 0 Å². The fourth-order valence-electron chi connectivity index (χ4n) is 2.59. The summed E-state index contributed by atoms with van der Waals surface area (Å²) in [4.78, 5) is 12.3. The Bertz CT molecular complexity index is 951. The van der Waals surface area contributed by atoms with Gasteiger partial charge in [-0.2, -0.15) is 5.10 Å². The summed E-state index contributed by atoms with van der Waals surface area (Å²) >= 11 is 3.40. The van der Waals surface area contributed by atoms with Gasteiger partial charge in [-0.1, -0.05) is 58.4 Å². The summed E-state index contributed by atoms with van der Waals surface area (Å²) in [6, 6.07) is 21.6. The topological polar surface area (TPSA) is 53.5 Å². The lowest BCUT2D eigenvalue weighted by Gasteiger charge is -2.14. The molecule has 3 aromatic carbocycles. The van der Waals surface area contributed by atoms with E-state index in [1.54, 1.807) is 0 Å². The molecule has 0 aliphatic heterocycles. The molecule has 0 fully saturated rings. The summed E-state index contributed by atoms with van der Waals surface area (Å²) in [7, 11) is 0. The first-order valence-electron chi connectivity index (χ1n) is 8.38. The second kappa shape index (κ2) is 8.15. The maximum absolute atomic E-state index is 12.3. The quantitative estimate of drug-likeness (QED) is 0.462. The van der Waals surface area contributed by atoms with Gasteiger partial charge in [0.1, 0.15) is 6.04 Å². The highest BCUT2D eigenvalue weighted by Gasteiger charge is 2.12. The maximum atomic E-state index is 12.3. The molecule has 0 aliphatic rings. The van der Waals surface area contributed by atoms with E-state index in [0.29, 0.717) is 0 Å². The van der Waals surface area contributed by atoms with Gasteiger partial charge in [0, 0.05) is 10.2 Å². The Morgan fingerprint density at radius 1 is 1.00 bits per heavy atom. The van der Waals surface area contributed by atoms with Gasteiger partial charge in [0.25, 0.3) is 5.91 Å². The predicted molar refractivity (Wildman–Crippen MR) is 112 cm³/mol. The molecule has 1 amide bonds. The third kappa shape index (κ3) is 4.49. The number of amides is 1. The van der Waals surface area contributed by atoms with Gasteiger partial charge in [-0.3, -0.25) is 4.79 Å². The lowest BCUT2D eigenvalue weighted by molar-refractivity contribution is -0.121. The van der Waals surface area contributed by atoms with E-state index in [-0.39, 0.29) is 5.91 Å². The fraction of sp³-hybridized carbons (Fsp3) is 0.143. The van der Waals surface area contributed by atoms with Crippen molar-refractivity contribution in [2.24, 2.45) is 5.10 Å². The lowest BCUT2D eigenvalue weighted by atomic mass is 10.1. The summed E-state index contributed by atoms with van der Waals surface area (Å²) in [6.07, 6.45) is 0. The van der Waals surface area contributed by atoms with Gasteiger partial charge in [0.05, 0.1) is 5.71 Å². The number of carbonyl (C=O) groups excluding carboxylic acids is 1. The Morgan fingerprint density at radius 2 is 1.69 bits per heavy atom. The van der Waals surface area contributed by atoms with Crippen LogP contribution in [0.25, 0.3) is 10.8 Å². The molecule has 0 unspecified atom stereocenters. The largest absolute Gasteiger partial charge is 0.374 e. The highest BCUT2D eigenvalue weighted by atomic mass is 79.9. The average Bonchev–Trinajstić information content (AvgIpc) is 2.66. The van der Waals surface area contributed by atoms with Crippen molar-refractivity contribution in [3.05, 3.63) is 76.8 Å². The summed E-state index contributed by atoms with van der Waals surface area (Å²) in [6.45, 7) is 3.68. The van der Waals surface area contributed by atoms with Crippen LogP contribution in [0.5, 0.6) is 0 Å². The molecular formula is C21H20BrN3O. The number of nitrogens with one attached hydrogen (secondary N) is 2. The van der Waals surface area contributed by atoms with E-state index in [1.165, 1.54) is 5.39 Å². The monoisotopic (exact) mass is 409 g/mol. The minimum absolute atomic E-state index is 0.186. The molecule has 3 rings (SSSR count). The van der Waals surface area contributed by atoms with Crippen LogP contribution >= 0.6 is 15.9 Å². The zero-order valence-electron chi connectivity index (χ0n) is 14.7. The number of fused-ring (bicyclic) bond motifs is 1. The smallest absolute Gasteiger partial charge is 0.262 e. The van der Waals surface area contributed by atoms with Crippen molar-refractivity contribution >= 4 is 44.0 Å². The Kier molecular flexibility index (Phi) is 5.68. The van der Waals surface area contributed by atoms with Crippen LogP contribution in [0.2, 0.25) is 0 Å². The first-order valence-corrected chi connectivity index (χ1v) is 9.17. The van der Waals surface area contributed by atoms with Crippen molar-refractivity contribution < 1.29 is 4.79 Å². The molecule has 4 nitrogen and oxygen atoms in total. The van der Waals surface area contributed by atoms with Gasteiger partial charge in [0.2, 0.25) is 0 Å². The Labute approximate surface area is 161 Å². The fourth-order valence-corrected chi connectivity index (χ4v) is 2.85. The number of hydrazone groups is 1. The molecule has 132 valence electrons. The molecule has 0 spiro atoms. The number of halogens is 1. The molecule has 1 atom stereocenters. The molecule has 0 radical (unpaired) electrons. The maximum Gasteiger partial charge on any atom is 0.262 e. The van der Waals surface area contributed by atoms with Crippen LogP contribution in [-0.4, -0.2) is 17.7 Å².